The van der Waals surface area contributed by atoms with Gasteiger partial charge in [0.05, 0.1) is 28.9 Å². The number of pyridine rings is 1. The van der Waals surface area contributed by atoms with Gasteiger partial charge in [0.1, 0.15) is 5.82 Å². The van der Waals surface area contributed by atoms with Crippen LogP contribution in [-0.4, -0.2) is 51.9 Å². The third kappa shape index (κ3) is 5.24. The van der Waals surface area contributed by atoms with Gasteiger partial charge in [-0.05, 0) is 106 Å². The van der Waals surface area contributed by atoms with Gasteiger partial charge in [0, 0.05) is 35.8 Å². The van der Waals surface area contributed by atoms with Crippen molar-refractivity contribution in [3.63, 3.8) is 0 Å². The average Bonchev–Trinajstić information content (AvgIpc) is 3.21. The minimum absolute atomic E-state index is 0.0825. The lowest BCUT2D eigenvalue weighted by molar-refractivity contribution is 0.0712. The van der Waals surface area contributed by atoms with E-state index in [-0.39, 0.29) is 5.91 Å². The van der Waals surface area contributed by atoms with E-state index in [0.29, 0.717) is 17.4 Å². The molecule has 0 radical (unpaired) electrons. The Morgan fingerprint density at radius 1 is 0.975 bits per heavy atom. The number of aromatic amines is 1. The number of aryl methyl sites for hydroxylation is 2. The van der Waals surface area contributed by atoms with Gasteiger partial charge in [0.2, 0.25) is 0 Å². The quantitative estimate of drug-likeness (QED) is 0.336. The maximum absolute atomic E-state index is 13.7. The summed E-state index contributed by atoms with van der Waals surface area (Å²) in [5, 5.41) is 12.6. The maximum atomic E-state index is 13.7. The number of nitrogens with one attached hydrogen (secondary N) is 2. The topological polar surface area (TPSA) is 97.7 Å². The number of aromatic nitrogens is 3. The maximum Gasteiger partial charge on any atom is 0.254 e. The number of rotatable bonds is 4. The summed E-state index contributed by atoms with van der Waals surface area (Å²) in [6.07, 6.45) is 7.17. The van der Waals surface area contributed by atoms with Crippen molar-refractivity contribution in [1.29, 1.82) is 5.26 Å². The van der Waals surface area contributed by atoms with Crippen LogP contribution in [0.3, 0.4) is 0 Å². The number of amides is 1. The van der Waals surface area contributed by atoms with Crippen molar-refractivity contribution >= 4 is 16.9 Å². The highest BCUT2D eigenvalue weighted by molar-refractivity contribution is 5.97. The number of carbonyl (C=O) groups excluding carboxylic acids is 1. The van der Waals surface area contributed by atoms with Crippen LogP contribution in [-0.2, 0) is 0 Å². The Hall–Kier alpha value is -4.02. The number of hydrogen-bond acceptors (Lipinski definition) is 5. The van der Waals surface area contributed by atoms with Crippen LogP contribution >= 0.6 is 0 Å². The Morgan fingerprint density at radius 3 is 2.55 bits per heavy atom. The predicted octanol–water partition coefficient (Wildman–Crippen LogP) is 5.99. The van der Waals surface area contributed by atoms with Crippen molar-refractivity contribution in [2.45, 2.75) is 57.8 Å². The van der Waals surface area contributed by atoms with E-state index in [0.717, 1.165) is 96.7 Å². The zero-order chi connectivity index (χ0) is 27.6. The highest BCUT2D eigenvalue weighted by Gasteiger charge is 2.26. The van der Waals surface area contributed by atoms with Gasteiger partial charge < -0.3 is 15.2 Å². The number of carbonyl (C=O) groups is 1. The molecule has 1 unspecified atom stereocenters. The monoisotopic (exact) mass is 532 g/mol. The third-order valence-electron chi connectivity index (χ3n) is 8.73. The minimum Gasteiger partial charge on any atom is -0.339 e. The van der Waals surface area contributed by atoms with E-state index in [9.17, 15) is 4.79 Å². The van der Waals surface area contributed by atoms with E-state index in [1.165, 1.54) is 12.0 Å². The van der Waals surface area contributed by atoms with Crippen molar-refractivity contribution in [2.75, 3.05) is 26.2 Å². The third-order valence-corrected chi connectivity index (χ3v) is 8.73. The predicted molar refractivity (Wildman–Crippen MR) is 157 cm³/mol. The number of fused-ring (bicyclic) bond motifs is 1. The van der Waals surface area contributed by atoms with Gasteiger partial charge in [-0.1, -0.05) is 18.2 Å². The van der Waals surface area contributed by atoms with Gasteiger partial charge in [0.15, 0.2) is 0 Å². The molecule has 2 saturated heterocycles. The summed E-state index contributed by atoms with van der Waals surface area (Å²) >= 11 is 0. The number of piperidine rings is 1. The number of hydrogen-bond donors (Lipinski definition) is 2. The molecule has 7 heteroatoms. The molecule has 4 aromatic rings. The molecular formula is C33H36N6O. The van der Waals surface area contributed by atoms with Gasteiger partial charge in [0.25, 0.3) is 5.91 Å². The molecule has 1 amide bonds. The molecule has 1 atom stereocenters. The number of imidazole rings is 1. The Kier molecular flexibility index (Phi) is 7.36. The first kappa shape index (κ1) is 26.2. The molecular weight excluding hydrogens is 496 g/mol. The molecule has 2 aliphatic rings. The molecule has 40 heavy (non-hydrogen) atoms. The fraction of sp³-hybridized carbons (Fsp3) is 0.394. The molecule has 2 aliphatic heterocycles. The summed E-state index contributed by atoms with van der Waals surface area (Å²) in [7, 11) is 0. The van der Waals surface area contributed by atoms with Crippen molar-refractivity contribution in [3.8, 4) is 17.5 Å². The molecule has 2 aromatic heterocycles. The van der Waals surface area contributed by atoms with E-state index in [2.05, 4.69) is 47.6 Å². The van der Waals surface area contributed by atoms with Crippen molar-refractivity contribution < 1.29 is 4.79 Å². The van der Waals surface area contributed by atoms with Crippen LogP contribution in [0.4, 0.5) is 0 Å². The summed E-state index contributed by atoms with van der Waals surface area (Å²) < 4.78 is 0. The first-order valence-corrected chi connectivity index (χ1v) is 14.5. The number of nitrogens with zero attached hydrogens (tertiary/aromatic N) is 4. The fourth-order valence-electron chi connectivity index (χ4n) is 6.34. The number of H-pyrrole nitrogens is 1. The first-order chi connectivity index (χ1) is 19.5. The summed E-state index contributed by atoms with van der Waals surface area (Å²) in [4.78, 5) is 28.9. The minimum atomic E-state index is 0.0825. The van der Waals surface area contributed by atoms with E-state index in [1.807, 2.05) is 36.2 Å². The molecule has 2 aromatic carbocycles. The Balaban J connectivity index is 1.21. The van der Waals surface area contributed by atoms with Crippen molar-refractivity contribution in [1.82, 2.24) is 25.2 Å². The van der Waals surface area contributed by atoms with Crippen LogP contribution < -0.4 is 5.32 Å². The lowest BCUT2D eigenvalue weighted by Gasteiger charge is -2.32. The normalized spacial score (nSPS) is 18.4. The number of benzene rings is 2. The first-order valence-electron chi connectivity index (χ1n) is 14.5. The fourth-order valence-corrected chi connectivity index (χ4v) is 6.34. The second-order valence-electron chi connectivity index (χ2n) is 11.4. The smallest absolute Gasteiger partial charge is 0.254 e. The van der Waals surface area contributed by atoms with Gasteiger partial charge in [-0.15, -0.1) is 0 Å². The largest absolute Gasteiger partial charge is 0.339 e. The average molecular weight is 533 g/mol. The van der Waals surface area contributed by atoms with Gasteiger partial charge in [-0.3, -0.25) is 9.78 Å². The second-order valence-corrected chi connectivity index (χ2v) is 11.4. The summed E-state index contributed by atoms with van der Waals surface area (Å²) in [6.45, 7) is 7.65. The van der Waals surface area contributed by atoms with Gasteiger partial charge >= 0.3 is 0 Å². The Morgan fingerprint density at radius 2 is 1.77 bits per heavy atom. The van der Waals surface area contributed by atoms with E-state index in [1.54, 1.807) is 0 Å². The zero-order valence-electron chi connectivity index (χ0n) is 23.3. The molecule has 204 valence electrons. The summed E-state index contributed by atoms with van der Waals surface area (Å²) in [5.41, 5.74) is 8.67. The van der Waals surface area contributed by atoms with Crippen LogP contribution in [0.15, 0.2) is 48.7 Å². The molecule has 0 aliphatic carbocycles. The zero-order valence-corrected chi connectivity index (χ0v) is 23.3. The summed E-state index contributed by atoms with van der Waals surface area (Å²) in [5.74, 6) is 1.74. The molecule has 0 spiro atoms. The van der Waals surface area contributed by atoms with Crippen molar-refractivity contribution in [2.24, 2.45) is 0 Å². The Labute approximate surface area is 235 Å². The molecule has 4 heterocycles. The molecule has 2 fully saturated rings. The molecule has 6 rings (SSSR count). The molecule has 7 nitrogen and oxygen atoms in total. The number of nitriles is 1. The van der Waals surface area contributed by atoms with Crippen LogP contribution in [0.5, 0.6) is 0 Å². The van der Waals surface area contributed by atoms with Gasteiger partial charge in [-0.2, -0.15) is 5.26 Å². The second kappa shape index (κ2) is 11.2. The van der Waals surface area contributed by atoms with Crippen molar-refractivity contribution in [3.05, 3.63) is 82.2 Å². The highest BCUT2D eigenvalue weighted by Crippen LogP contribution is 2.32. The van der Waals surface area contributed by atoms with Gasteiger partial charge in [-0.25, -0.2) is 4.98 Å². The van der Waals surface area contributed by atoms with E-state index < -0.39 is 0 Å². The molecule has 2 N–H and O–H groups in total. The standard InChI is InChI=1S/C33H36N6O/c1-21-16-22(2)28(33(40)39-14-10-25(11-15-39)24-7-5-23(19-34)6-8-24)17-27(21)32-37-30-18-29(36-20-31(30)38-32)26-4-3-12-35-13-9-26/h5-8,16-18,20,25-26,35H,3-4,9-15H2,1-2H3,(H,37,38). The van der Waals surface area contributed by atoms with E-state index >= 15 is 0 Å². The highest BCUT2D eigenvalue weighted by atomic mass is 16.2. The van der Waals surface area contributed by atoms with Crippen LogP contribution in [0.25, 0.3) is 22.4 Å². The molecule has 0 saturated carbocycles. The van der Waals surface area contributed by atoms with E-state index in [4.69, 9.17) is 15.2 Å². The van der Waals surface area contributed by atoms with Crippen LogP contribution in [0.2, 0.25) is 0 Å². The Bertz CT molecular complexity index is 1570. The number of likely N-dealkylation sites (tertiary alicyclic amines) is 1. The van der Waals surface area contributed by atoms with Crippen LogP contribution in [0, 0.1) is 25.2 Å². The lowest BCUT2D eigenvalue weighted by atomic mass is 9.88. The SMILES string of the molecule is Cc1cc(C)c(-c2nc3cc(C4CCCNCC4)ncc3[nH]2)cc1C(=O)N1CCC(c2ccc(C#N)cc2)CC1. The van der Waals surface area contributed by atoms with Crippen LogP contribution in [0.1, 0.15) is 82.2 Å². The summed E-state index contributed by atoms with van der Waals surface area (Å²) in [6, 6.07) is 16.3. The molecule has 0 bridgehead atoms. The lowest BCUT2D eigenvalue weighted by Crippen LogP contribution is -2.38.